The summed E-state index contributed by atoms with van der Waals surface area (Å²) in [6.07, 6.45) is 0. The van der Waals surface area contributed by atoms with E-state index in [4.69, 9.17) is 5.11 Å². The molecule has 1 N–H and O–H groups in total. The van der Waals surface area contributed by atoms with E-state index in [9.17, 15) is 22.8 Å². The molecule has 1 aromatic rings. The van der Waals surface area contributed by atoms with Gasteiger partial charge in [-0.25, -0.2) is 18.0 Å². The van der Waals surface area contributed by atoms with E-state index in [0.717, 1.165) is 36.7 Å². The summed E-state index contributed by atoms with van der Waals surface area (Å²) in [5.74, 6) is -3.04. The van der Waals surface area contributed by atoms with Crippen LogP contribution in [0, 0.1) is 0 Å². The number of ether oxygens (including phenoxy) is 2. The average molecular weight is 373 g/mol. The van der Waals surface area contributed by atoms with Crippen LogP contribution in [-0.4, -0.2) is 62.5 Å². The fourth-order valence-electron chi connectivity index (χ4n) is 2.03. The first-order chi connectivity index (χ1) is 11.5. The van der Waals surface area contributed by atoms with Crippen molar-refractivity contribution in [2.75, 3.05) is 20.8 Å². The molecule has 0 aliphatic heterocycles. The normalized spacial score (nSPS) is 11.4. The predicted octanol–water partition coefficient (Wildman–Crippen LogP) is 0.743. The van der Waals surface area contributed by atoms with Crippen LogP contribution in [0.4, 0.5) is 0 Å². The van der Waals surface area contributed by atoms with Gasteiger partial charge in [0.2, 0.25) is 10.0 Å². The Kier molecular flexibility index (Phi) is 6.65. The summed E-state index contributed by atoms with van der Waals surface area (Å²) in [4.78, 5) is 34.1. The number of benzene rings is 1. The molecule has 0 bridgehead atoms. The number of aliphatic carboxylic acids is 1. The van der Waals surface area contributed by atoms with Crippen LogP contribution in [0.15, 0.2) is 23.1 Å². The number of nitrogens with zero attached hydrogens (tertiary/aromatic N) is 1. The van der Waals surface area contributed by atoms with E-state index in [0.29, 0.717) is 0 Å². The minimum Gasteiger partial charge on any atom is -0.480 e. The van der Waals surface area contributed by atoms with E-state index in [1.54, 1.807) is 0 Å². The smallest absolute Gasteiger partial charge is 0.337 e. The molecule has 0 atom stereocenters. The zero-order valence-corrected chi connectivity index (χ0v) is 15.0. The lowest BCUT2D eigenvalue weighted by atomic mass is 10.1. The largest absolute Gasteiger partial charge is 0.480 e. The Hall–Kier alpha value is -2.46. The number of carboxylic acids is 1. The fourth-order valence-corrected chi connectivity index (χ4v) is 3.69. The third kappa shape index (κ3) is 4.77. The number of carbonyl (C=O) groups is 3. The Morgan fingerprint density at radius 3 is 1.80 bits per heavy atom. The van der Waals surface area contributed by atoms with Gasteiger partial charge in [-0.2, -0.15) is 4.31 Å². The maximum absolute atomic E-state index is 12.8. The van der Waals surface area contributed by atoms with Crippen molar-refractivity contribution in [2.24, 2.45) is 0 Å². The number of methoxy groups -OCH3 is 2. The van der Waals surface area contributed by atoms with E-state index < -0.39 is 45.4 Å². The fraction of sp³-hybridized carbons (Fsp3) is 0.400. The molecule has 10 heteroatoms. The van der Waals surface area contributed by atoms with Gasteiger partial charge in [0.15, 0.2) is 0 Å². The number of carbonyl (C=O) groups excluding carboxylic acids is 2. The van der Waals surface area contributed by atoms with Gasteiger partial charge in [0.1, 0.15) is 6.54 Å². The molecule has 0 saturated carbocycles. The van der Waals surface area contributed by atoms with Gasteiger partial charge in [-0.15, -0.1) is 0 Å². The Morgan fingerprint density at radius 1 is 1.04 bits per heavy atom. The van der Waals surface area contributed by atoms with Crippen LogP contribution in [0.2, 0.25) is 0 Å². The Balaban J connectivity index is 3.58. The summed E-state index contributed by atoms with van der Waals surface area (Å²) in [7, 11) is -2.08. The highest BCUT2D eigenvalue weighted by Crippen LogP contribution is 2.22. The monoisotopic (exact) mass is 373 g/mol. The minimum absolute atomic E-state index is 0.178. The Labute approximate surface area is 145 Å². The first kappa shape index (κ1) is 20.6. The van der Waals surface area contributed by atoms with E-state index in [1.807, 2.05) is 0 Å². The number of rotatable bonds is 7. The second-order valence-corrected chi connectivity index (χ2v) is 7.16. The molecule has 0 fully saturated rings. The topological polar surface area (TPSA) is 127 Å². The second-order valence-electron chi connectivity index (χ2n) is 5.27. The van der Waals surface area contributed by atoms with Gasteiger partial charge in [0.25, 0.3) is 0 Å². The molecule has 0 aliphatic carbocycles. The highest BCUT2D eigenvalue weighted by atomic mass is 32.2. The Bertz CT molecular complexity index is 750. The molecule has 1 rings (SSSR count). The molecular formula is C15H19NO8S. The summed E-state index contributed by atoms with van der Waals surface area (Å²) >= 11 is 0. The molecule has 0 amide bonds. The van der Waals surface area contributed by atoms with Gasteiger partial charge in [0, 0.05) is 6.04 Å². The molecule has 0 saturated heterocycles. The van der Waals surface area contributed by atoms with Crippen molar-refractivity contribution in [1.29, 1.82) is 0 Å². The molecule has 0 unspecified atom stereocenters. The summed E-state index contributed by atoms with van der Waals surface area (Å²) in [5.41, 5.74) is -0.356. The van der Waals surface area contributed by atoms with E-state index in [1.165, 1.54) is 13.8 Å². The first-order valence-electron chi connectivity index (χ1n) is 7.10. The molecule has 1 aromatic carbocycles. The summed E-state index contributed by atoms with van der Waals surface area (Å²) in [6, 6.07) is 2.51. The van der Waals surface area contributed by atoms with Crippen molar-refractivity contribution in [3.8, 4) is 0 Å². The predicted molar refractivity (Wildman–Crippen MR) is 85.8 cm³/mol. The highest BCUT2D eigenvalue weighted by molar-refractivity contribution is 7.89. The number of esters is 2. The van der Waals surface area contributed by atoms with Crippen LogP contribution >= 0.6 is 0 Å². The van der Waals surface area contributed by atoms with E-state index >= 15 is 0 Å². The van der Waals surface area contributed by atoms with E-state index in [2.05, 4.69) is 9.47 Å². The van der Waals surface area contributed by atoms with Crippen LogP contribution in [0.5, 0.6) is 0 Å². The zero-order chi connectivity index (χ0) is 19.4. The van der Waals surface area contributed by atoms with Crippen LogP contribution in [0.1, 0.15) is 34.6 Å². The van der Waals surface area contributed by atoms with Crippen LogP contribution < -0.4 is 0 Å². The van der Waals surface area contributed by atoms with Crippen molar-refractivity contribution >= 4 is 27.9 Å². The maximum Gasteiger partial charge on any atom is 0.337 e. The molecule has 9 nitrogen and oxygen atoms in total. The summed E-state index contributed by atoms with van der Waals surface area (Å²) in [5, 5.41) is 8.95. The lowest BCUT2D eigenvalue weighted by molar-refractivity contribution is -0.137. The second kappa shape index (κ2) is 8.08. The van der Waals surface area contributed by atoms with Gasteiger partial charge >= 0.3 is 17.9 Å². The van der Waals surface area contributed by atoms with Crippen molar-refractivity contribution in [2.45, 2.75) is 24.8 Å². The lowest BCUT2D eigenvalue weighted by Gasteiger charge is -2.24. The minimum atomic E-state index is -4.29. The van der Waals surface area contributed by atoms with Gasteiger partial charge < -0.3 is 14.6 Å². The van der Waals surface area contributed by atoms with Gasteiger partial charge in [0.05, 0.1) is 30.2 Å². The SMILES string of the molecule is COC(=O)c1cc(C(=O)OC)cc(S(=O)(=O)N(CC(=O)O)C(C)C)c1. The molecule has 0 heterocycles. The lowest BCUT2D eigenvalue weighted by Crippen LogP contribution is -2.40. The number of hydrogen-bond acceptors (Lipinski definition) is 7. The number of hydrogen-bond donors (Lipinski definition) is 1. The standard InChI is InChI=1S/C15H19NO8S/c1-9(2)16(8-13(17)18)25(21,22)12-6-10(14(19)23-3)5-11(7-12)15(20)24-4/h5-7,9H,8H2,1-4H3,(H,17,18). The number of carboxylic acid groups (broad SMARTS) is 1. The van der Waals surface area contributed by atoms with Crippen molar-refractivity contribution < 1.29 is 37.4 Å². The molecular weight excluding hydrogens is 354 g/mol. The quantitative estimate of drug-likeness (QED) is 0.693. The summed E-state index contributed by atoms with van der Waals surface area (Å²) < 4.78 is 35.4. The Morgan fingerprint density at radius 2 is 1.48 bits per heavy atom. The van der Waals surface area contributed by atoms with E-state index in [-0.39, 0.29) is 11.1 Å². The molecule has 0 aliphatic rings. The molecule has 138 valence electrons. The van der Waals surface area contributed by atoms with Crippen molar-refractivity contribution in [3.05, 3.63) is 29.3 Å². The third-order valence-electron chi connectivity index (χ3n) is 3.22. The first-order valence-corrected chi connectivity index (χ1v) is 8.54. The zero-order valence-electron chi connectivity index (χ0n) is 14.2. The maximum atomic E-state index is 12.8. The number of sulfonamides is 1. The van der Waals surface area contributed by atoms with Gasteiger partial charge in [-0.05, 0) is 32.0 Å². The molecule has 0 aromatic heterocycles. The molecule has 0 radical (unpaired) electrons. The van der Waals surface area contributed by atoms with Crippen molar-refractivity contribution in [3.63, 3.8) is 0 Å². The average Bonchev–Trinajstić information content (AvgIpc) is 2.57. The van der Waals surface area contributed by atoms with Crippen LogP contribution in [0.3, 0.4) is 0 Å². The third-order valence-corrected chi connectivity index (χ3v) is 5.22. The van der Waals surface area contributed by atoms with Gasteiger partial charge in [-0.1, -0.05) is 0 Å². The molecule has 0 spiro atoms. The van der Waals surface area contributed by atoms with Crippen molar-refractivity contribution in [1.82, 2.24) is 4.31 Å². The molecule has 25 heavy (non-hydrogen) atoms. The van der Waals surface area contributed by atoms with Gasteiger partial charge in [-0.3, -0.25) is 4.79 Å². The van der Waals surface area contributed by atoms with Crippen LogP contribution in [0.25, 0.3) is 0 Å². The van der Waals surface area contributed by atoms with Crippen LogP contribution in [-0.2, 0) is 24.3 Å². The highest BCUT2D eigenvalue weighted by Gasteiger charge is 2.30. The summed E-state index contributed by atoms with van der Waals surface area (Å²) in [6.45, 7) is 2.24.